The van der Waals surface area contributed by atoms with Gasteiger partial charge in [-0.3, -0.25) is 9.80 Å². The van der Waals surface area contributed by atoms with Crippen molar-refractivity contribution in [3.8, 4) is 11.3 Å². The molecule has 0 N–H and O–H groups in total. The number of anilines is 1. The van der Waals surface area contributed by atoms with Crippen LogP contribution >= 0.6 is 0 Å². The Labute approximate surface area is 211 Å². The van der Waals surface area contributed by atoms with Crippen LogP contribution in [-0.2, 0) is 18.9 Å². The van der Waals surface area contributed by atoms with Gasteiger partial charge in [0.1, 0.15) is 5.69 Å². The van der Waals surface area contributed by atoms with Crippen molar-refractivity contribution in [2.75, 3.05) is 50.7 Å². The van der Waals surface area contributed by atoms with Gasteiger partial charge in [-0.2, -0.15) is 26.3 Å². The molecule has 2 heterocycles. The largest absolute Gasteiger partial charge is 0.417 e. The summed E-state index contributed by atoms with van der Waals surface area (Å²) in [6.07, 6.45) is -8.86. The van der Waals surface area contributed by atoms with E-state index in [2.05, 4.69) is 15.0 Å². The van der Waals surface area contributed by atoms with E-state index >= 15 is 0 Å². The van der Waals surface area contributed by atoms with Gasteiger partial charge in [-0.1, -0.05) is 36.3 Å². The molecule has 1 fully saturated rings. The van der Waals surface area contributed by atoms with Gasteiger partial charge in [-0.15, -0.1) is 0 Å². The van der Waals surface area contributed by atoms with Crippen LogP contribution < -0.4 is 4.90 Å². The molecule has 1 saturated heterocycles. The van der Waals surface area contributed by atoms with Gasteiger partial charge in [-0.05, 0) is 30.8 Å². The van der Waals surface area contributed by atoms with Crippen LogP contribution in [0.4, 0.5) is 32.0 Å². The van der Waals surface area contributed by atoms with E-state index in [-0.39, 0.29) is 11.3 Å². The van der Waals surface area contributed by atoms with Crippen LogP contribution in [0.25, 0.3) is 11.3 Å². The summed E-state index contributed by atoms with van der Waals surface area (Å²) in [5, 5.41) is 3.87. The highest BCUT2D eigenvalue weighted by Gasteiger charge is 2.34. The Kier molecular flexibility index (Phi) is 8.13. The van der Waals surface area contributed by atoms with Crippen molar-refractivity contribution >= 4 is 5.69 Å². The molecule has 5 nitrogen and oxygen atoms in total. The molecule has 11 heteroatoms. The second kappa shape index (κ2) is 11.1. The van der Waals surface area contributed by atoms with Crippen molar-refractivity contribution in [1.82, 2.24) is 15.0 Å². The van der Waals surface area contributed by atoms with E-state index in [4.69, 9.17) is 4.52 Å². The Morgan fingerprint density at radius 2 is 1.62 bits per heavy atom. The van der Waals surface area contributed by atoms with Crippen molar-refractivity contribution in [3.63, 3.8) is 0 Å². The summed E-state index contributed by atoms with van der Waals surface area (Å²) in [6.45, 7) is 7.23. The van der Waals surface area contributed by atoms with E-state index in [1.807, 2.05) is 11.8 Å². The maximum Gasteiger partial charge on any atom is 0.417 e. The first-order valence-corrected chi connectivity index (χ1v) is 12.0. The van der Waals surface area contributed by atoms with Gasteiger partial charge >= 0.3 is 12.4 Å². The first-order chi connectivity index (χ1) is 17.5. The average Bonchev–Trinajstić information content (AvgIpc) is 3.34. The number of halogens is 6. The maximum absolute atomic E-state index is 13.3. The smallest absolute Gasteiger partial charge is 0.369 e. The number of hydrogen-bond donors (Lipinski definition) is 0. The lowest BCUT2D eigenvalue weighted by molar-refractivity contribution is -0.138. The summed E-state index contributed by atoms with van der Waals surface area (Å²) in [6, 6.07) is 12.2. The fourth-order valence-electron chi connectivity index (χ4n) is 4.43. The second-order valence-corrected chi connectivity index (χ2v) is 8.97. The summed E-state index contributed by atoms with van der Waals surface area (Å²) >= 11 is 0. The number of hydrogen-bond acceptors (Lipinski definition) is 5. The van der Waals surface area contributed by atoms with Gasteiger partial charge in [0.2, 0.25) is 0 Å². The minimum atomic E-state index is -4.49. The molecule has 0 saturated carbocycles. The van der Waals surface area contributed by atoms with Gasteiger partial charge in [0.05, 0.1) is 17.7 Å². The molecule has 1 aliphatic heterocycles. The molecule has 200 valence electrons. The number of aromatic nitrogens is 1. The Hall–Kier alpha value is -3.05. The number of rotatable bonds is 8. The van der Waals surface area contributed by atoms with Crippen molar-refractivity contribution < 1.29 is 30.9 Å². The Bertz CT molecular complexity index is 1170. The van der Waals surface area contributed by atoms with Crippen molar-refractivity contribution in [3.05, 3.63) is 71.5 Å². The van der Waals surface area contributed by atoms with Gasteiger partial charge in [0.15, 0.2) is 5.76 Å². The monoisotopic (exact) mass is 526 g/mol. The van der Waals surface area contributed by atoms with Gasteiger partial charge in [0.25, 0.3) is 0 Å². The molecular weight excluding hydrogens is 498 g/mol. The highest BCUT2D eigenvalue weighted by Crippen LogP contribution is 2.36. The third kappa shape index (κ3) is 6.84. The zero-order chi connectivity index (χ0) is 26.6. The number of benzene rings is 2. The Morgan fingerprint density at radius 3 is 2.30 bits per heavy atom. The maximum atomic E-state index is 13.3. The molecule has 0 aliphatic carbocycles. The van der Waals surface area contributed by atoms with Crippen molar-refractivity contribution in [2.45, 2.75) is 25.8 Å². The van der Waals surface area contributed by atoms with Crippen LogP contribution in [0.5, 0.6) is 0 Å². The lowest BCUT2D eigenvalue weighted by Crippen LogP contribution is -2.48. The highest BCUT2D eigenvalue weighted by atomic mass is 19.4. The zero-order valence-electron chi connectivity index (χ0n) is 20.3. The molecule has 1 aliphatic rings. The standard InChI is InChI=1S/C26H28F6N4O/c1-2-34(18-21-17-24(33-37-21)22-8-3-4-9-23(22)26(30,31)32)10-11-35-12-14-36(15-13-35)20-7-5-6-19(16-20)25(27,28)29/h3-9,16-17H,2,10-15,18H2,1H3. The molecule has 4 rings (SSSR count). The molecule has 1 aromatic heterocycles. The average molecular weight is 527 g/mol. The topological polar surface area (TPSA) is 35.8 Å². The zero-order valence-corrected chi connectivity index (χ0v) is 20.3. The van der Waals surface area contributed by atoms with Gasteiger partial charge in [-0.25, -0.2) is 0 Å². The molecule has 37 heavy (non-hydrogen) atoms. The minimum absolute atomic E-state index is 0.0216. The normalized spacial score (nSPS) is 15.5. The van der Waals surface area contributed by atoms with Crippen LogP contribution in [0.15, 0.2) is 59.1 Å². The van der Waals surface area contributed by atoms with Crippen LogP contribution in [0.3, 0.4) is 0 Å². The first kappa shape index (κ1) is 27.0. The van der Waals surface area contributed by atoms with Gasteiger partial charge in [0, 0.05) is 56.6 Å². The molecule has 0 atom stereocenters. The number of piperazine rings is 1. The third-order valence-corrected chi connectivity index (χ3v) is 6.54. The van der Waals surface area contributed by atoms with Crippen LogP contribution in [0.1, 0.15) is 23.8 Å². The number of alkyl halides is 6. The quantitative estimate of drug-likeness (QED) is 0.336. The molecule has 0 spiro atoms. The van der Waals surface area contributed by atoms with Gasteiger partial charge < -0.3 is 9.42 Å². The lowest BCUT2D eigenvalue weighted by Gasteiger charge is -2.37. The first-order valence-electron chi connectivity index (χ1n) is 12.0. The summed E-state index contributed by atoms with van der Waals surface area (Å²) in [5.41, 5.74) is -0.718. The Morgan fingerprint density at radius 1 is 0.892 bits per heavy atom. The van der Waals surface area contributed by atoms with E-state index in [9.17, 15) is 26.3 Å². The Balaban J connectivity index is 1.30. The van der Waals surface area contributed by atoms with E-state index in [0.717, 1.165) is 18.7 Å². The lowest BCUT2D eigenvalue weighted by atomic mass is 10.0. The third-order valence-electron chi connectivity index (χ3n) is 6.54. The van der Waals surface area contributed by atoms with E-state index in [1.54, 1.807) is 12.1 Å². The summed E-state index contributed by atoms with van der Waals surface area (Å²) < 4.78 is 84.5. The SMILES string of the molecule is CCN(CCN1CCN(c2cccc(C(F)(F)F)c2)CC1)Cc1cc(-c2ccccc2C(F)(F)F)no1. The van der Waals surface area contributed by atoms with Crippen LogP contribution in [0, 0.1) is 0 Å². The van der Waals surface area contributed by atoms with E-state index in [0.29, 0.717) is 57.3 Å². The molecule has 0 unspecified atom stereocenters. The summed E-state index contributed by atoms with van der Waals surface area (Å²) in [5.74, 6) is 0.475. The number of likely N-dealkylation sites (N-methyl/N-ethyl adjacent to an activating group) is 1. The fourth-order valence-corrected chi connectivity index (χ4v) is 4.43. The van der Waals surface area contributed by atoms with Crippen LogP contribution in [0.2, 0.25) is 0 Å². The minimum Gasteiger partial charge on any atom is -0.369 e. The second-order valence-electron chi connectivity index (χ2n) is 8.97. The highest BCUT2D eigenvalue weighted by molar-refractivity contribution is 5.64. The molecule has 0 bridgehead atoms. The van der Waals surface area contributed by atoms with Crippen LogP contribution in [-0.4, -0.2) is 60.8 Å². The van der Waals surface area contributed by atoms with E-state index in [1.165, 1.54) is 30.3 Å². The van der Waals surface area contributed by atoms with Crippen molar-refractivity contribution in [1.29, 1.82) is 0 Å². The van der Waals surface area contributed by atoms with E-state index < -0.39 is 23.5 Å². The summed E-state index contributed by atoms with van der Waals surface area (Å²) in [7, 11) is 0. The number of nitrogens with zero attached hydrogens (tertiary/aromatic N) is 4. The molecule has 2 aromatic carbocycles. The van der Waals surface area contributed by atoms with Crippen molar-refractivity contribution in [2.24, 2.45) is 0 Å². The predicted octanol–water partition coefficient (Wildman–Crippen LogP) is 6.02. The summed E-state index contributed by atoms with van der Waals surface area (Å²) in [4.78, 5) is 6.31. The fraction of sp³-hybridized carbons (Fsp3) is 0.423. The molecule has 3 aromatic rings. The molecular formula is C26H28F6N4O. The molecule has 0 radical (unpaired) electrons. The molecule has 0 amide bonds. The predicted molar refractivity (Wildman–Crippen MR) is 128 cm³/mol.